The Kier molecular flexibility index (Phi) is 3.20. The third kappa shape index (κ3) is 3.06. The Hall–Kier alpha value is -0.980. The summed E-state index contributed by atoms with van der Waals surface area (Å²) in [5, 5.41) is 9.24. The molecule has 1 N–H and O–H groups in total. The average Bonchev–Trinajstić information content (AvgIpc) is 2.02. The lowest BCUT2D eigenvalue weighted by Crippen LogP contribution is -2.39. The topological polar surface area (TPSA) is 49.8 Å². The van der Waals surface area contributed by atoms with Gasteiger partial charge in [-0.15, -0.1) is 5.06 Å². The summed E-state index contributed by atoms with van der Waals surface area (Å²) >= 11 is 0. The fourth-order valence-corrected chi connectivity index (χ4v) is 1.38. The van der Waals surface area contributed by atoms with E-state index in [1.54, 1.807) is 0 Å². The number of hydrogen-bond donors (Lipinski definition) is 1. The van der Waals surface area contributed by atoms with Crippen LogP contribution < -0.4 is 0 Å². The molecule has 0 radical (unpaired) electrons. The predicted octanol–water partition coefficient (Wildman–Crippen LogP) is 1.87. The Balaban J connectivity index is 2.35. The maximum Gasteiger partial charge on any atom is 0.525 e. The van der Waals surface area contributed by atoms with Gasteiger partial charge in [-0.3, -0.25) is 0 Å². The van der Waals surface area contributed by atoms with Crippen molar-refractivity contribution < 1.29 is 27.9 Å². The van der Waals surface area contributed by atoms with Gasteiger partial charge < -0.3 is 9.94 Å². The van der Waals surface area contributed by atoms with E-state index in [4.69, 9.17) is 5.11 Å². The number of hydroxylamine groups is 2. The second kappa shape index (κ2) is 4.04. The number of piperidine rings is 1. The van der Waals surface area contributed by atoms with Gasteiger partial charge >= 0.3 is 12.3 Å². The van der Waals surface area contributed by atoms with Crippen LogP contribution in [0.4, 0.5) is 18.0 Å². The minimum absolute atomic E-state index is 0.00350. The summed E-state index contributed by atoms with van der Waals surface area (Å²) in [7, 11) is 0. The molecule has 82 valence electrons. The standard InChI is InChI=1S/C7H10F3NO3/c8-7(9,10)5-1-3-11(4-2-5)14-6(12)13/h5H,1-4H2,(H,12,13). The number of alkyl halides is 3. The minimum Gasteiger partial charge on any atom is -0.448 e. The van der Waals surface area contributed by atoms with Crippen LogP contribution in [-0.2, 0) is 4.84 Å². The van der Waals surface area contributed by atoms with Crippen molar-refractivity contribution in [3.63, 3.8) is 0 Å². The van der Waals surface area contributed by atoms with Gasteiger partial charge in [0.1, 0.15) is 0 Å². The molecule has 0 spiro atoms. The van der Waals surface area contributed by atoms with Crippen LogP contribution in [0.2, 0.25) is 0 Å². The number of hydrogen-bond acceptors (Lipinski definition) is 3. The largest absolute Gasteiger partial charge is 0.525 e. The van der Waals surface area contributed by atoms with Crippen LogP contribution in [0.3, 0.4) is 0 Å². The van der Waals surface area contributed by atoms with Crippen molar-refractivity contribution in [2.75, 3.05) is 13.1 Å². The quantitative estimate of drug-likeness (QED) is 0.722. The Bertz CT molecular complexity index is 211. The lowest BCUT2D eigenvalue weighted by molar-refractivity contribution is -0.207. The van der Waals surface area contributed by atoms with Gasteiger partial charge in [-0.05, 0) is 12.8 Å². The molecule has 1 rings (SSSR count). The van der Waals surface area contributed by atoms with Gasteiger partial charge in [-0.25, -0.2) is 4.79 Å². The molecule has 1 heterocycles. The lowest BCUT2D eigenvalue weighted by Gasteiger charge is -2.30. The van der Waals surface area contributed by atoms with E-state index in [2.05, 4.69) is 4.84 Å². The van der Waals surface area contributed by atoms with Crippen LogP contribution in [0.1, 0.15) is 12.8 Å². The van der Waals surface area contributed by atoms with Crippen LogP contribution >= 0.6 is 0 Å². The summed E-state index contributed by atoms with van der Waals surface area (Å²) in [6, 6.07) is 0. The average molecular weight is 213 g/mol. The number of halogens is 3. The summed E-state index contributed by atoms with van der Waals surface area (Å²) in [5.74, 6) is -1.34. The van der Waals surface area contributed by atoms with Crippen molar-refractivity contribution in [3.8, 4) is 0 Å². The second-order valence-corrected chi connectivity index (χ2v) is 3.10. The zero-order valence-corrected chi connectivity index (χ0v) is 7.25. The monoisotopic (exact) mass is 213 g/mol. The van der Waals surface area contributed by atoms with E-state index in [9.17, 15) is 18.0 Å². The van der Waals surface area contributed by atoms with Crippen LogP contribution in [0.15, 0.2) is 0 Å². The molecule has 1 saturated heterocycles. The Morgan fingerprint density at radius 1 is 1.36 bits per heavy atom. The molecule has 0 bridgehead atoms. The molecular formula is C7H10F3NO3. The predicted molar refractivity (Wildman–Crippen MR) is 39.5 cm³/mol. The van der Waals surface area contributed by atoms with Crippen molar-refractivity contribution in [3.05, 3.63) is 0 Å². The smallest absolute Gasteiger partial charge is 0.448 e. The highest BCUT2D eigenvalue weighted by atomic mass is 19.4. The fraction of sp³-hybridized carbons (Fsp3) is 0.857. The van der Waals surface area contributed by atoms with Crippen molar-refractivity contribution in [2.45, 2.75) is 19.0 Å². The normalized spacial score (nSPS) is 20.8. The van der Waals surface area contributed by atoms with Crippen molar-refractivity contribution in [1.29, 1.82) is 0 Å². The van der Waals surface area contributed by atoms with E-state index in [0.717, 1.165) is 5.06 Å². The number of nitrogens with zero attached hydrogens (tertiary/aromatic N) is 1. The van der Waals surface area contributed by atoms with Gasteiger partial charge in [0.15, 0.2) is 0 Å². The molecule has 0 aromatic rings. The highest BCUT2D eigenvalue weighted by molar-refractivity contribution is 5.56. The van der Waals surface area contributed by atoms with Gasteiger partial charge in [0.05, 0.1) is 5.92 Å². The summed E-state index contributed by atoms with van der Waals surface area (Å²) < 4.78 is 36.5. The molecule has 1 fully saturated rings. The van der Waals surface area contributed by atoms with Crippen molar-refractivity contribution >= 4 is 6.16 Å². The van der Waals surface area contributed by atoms with Crippen LogP contribution in [0, 0.1) is 5.92 Å². The molecule has 0 amide bonds. The van der Waals surface area contributed by atoms with Crippen molar-refractivity contribution in [2.24, 2.45) is 5.92 Å². The van der Waals surface area contributed by atoms with Gasteiger partial charge in [0, 0.05) is 13.1 Å². The second-order valence-electron chi connectivity index (χ2n) is 3.10. The van der Waals surface area contributed by atoms with E-state index in [1.165, 1.54) is 0 Å². The molecular weight excluding hydrogens is 203 g/mol. The maximum atomic E-state index is 12.2. The summed E-state index contributed by atoms with van der Waals surface area (Å²) in [5.41, 5.74) is 0. The van der Waals surface area contributed by atoms with E-state index >= 15 is 0 Å². The molecule has 0 aromatic carbocycles. The Morgan fingerprint density at radius 3 is 2.21 bits per heavy atom. The number of rotatable bonds is 1. The summed E-state index contributed by atoms with van der Waals surface area (Å²) in [6.07, 6.45) is -5.90. The van der Waals surface area contributed by atoms with Crippen LogP contribution in [0.25, 0.3) is 0 Å². The van der Waals surface area contributed by atoms with Gasteiger partial charge in [0.2, 0.25) is 0 Å². The summed E-state index contributed by atoms with van der Waals surface area (Å²) in [6.45, 7) is -0.00699. The Labute approximate surface area is 78.2 Å². The molecule has 7 heteroatoms. The van der Waals surface area contributed by atoms with Gasteiger partial charge in [0.25, 0.3) is 0 Å². The van der Waals surface area contributed by atoms with E-state index in [-0.39, 0.29) is 25.9 Å². The zero-order valence-electron chi connectivity index (χ0n) is 7.25. The van der Waals surface area contributed by atoms with E-state index < -0.39 is 18.2 Å². The van der Waals surface area contributed by atoms with Crippen LogP contribution in [0.5, 0.6) is 0 Å². The first-order valence-electron chi connectivity index (χ1n) is 4.12. The SMILES string of the molecule is O=C(O)ON1CCC(C(F)(F)F)CC1. The minimum atomic E-state index is -4.19. The highest BCUT2D eigenvalue weighted by Gasteiger charge is 2.41. The first-order valence-corrected chi connectivity index (χ1v) is 4.12. The van der Waals surface area contributed by atoms with E-state index in [0.29, 0.717) is 0 Å². The highest BCUT2D eigenvalue weighted by Crippen LogP contribution is 2.33. The molecule has 0 unspecified atom stereocenters. The number of carbonyl (C=O) groups is 1. The molecule has 14 heavy (non-hydrogen) atoms. The van der Waals surface area contributed by atoms with Crippen LogP contribution in [-0.4, -0.2) is 35.6 Å². The molecule has 0 aliphatic carbocycles. The van der Waals surface area contributed by atoms with Gasteiger partial charge in [-0.1, -0.05) is 0 Å². The molecule has 1 aliphatic heterocycles. The van der Waals surface area contributed by atoms with Gasteiger partial charge in [-0.2, -0.15) is 13.2 Å². The van der Waals surface area contributed by atoms with Crippen molar-refractivity contribution in [1.82, 2.24) is 5.06 Å². The molecule has 4 nitrogen and oxygen atoms in total. The van der Waals surface area contributed by atoms with E-state index in [1.807, 2.05) is 0 Å². The first-order chi connectivity index (χ1) is 6.39. The summed E-state index contributed by atoms with van der Waals surface area (Å²) in [4.78, 5) is 14.3. The molecule has 1 aliphatic rings. The Morgan fingerprint density at radius 2 is 1.86 bits per heavy atom. The maximum absolute atomic E-state index is 12.2. The first kappa shape index (κ1) is 11.1. The number of carboxylic acid groups (broad SMARTS) is 1. The third-order valence-electron chi connectivity index (χ3n) is 2.12. The molecule has 0 saturated carbocycles. The molecule has 0 atom stereocenters. The zero-order chi connectivity index (χ0) is 10.8. The third-order valence-corrected chi connectivity index (χ3v) is 2.12. The molecule has 0 aromatic heterocycles. The lowest BCUT2D eigenvalue weighted by atomic mass is 9.97. The fourth-order valence-electron chi connectivity index (χ4n) is 1.38.